The Morgan fingerprint density at radius 1 is 0.974 bits per heavy atom. The van der Waals surface area contributed by atoms with E-state index < -0.39 is 5.92 Å². The van der Waals surface area contributed by atoms with Gasteiger partial charge in [-0.05, 0) is 77.9 Å². The number of allylic oxidation sites excluding steroid dienone is 4. The number of carbonyl (C=O) groups is 2. The van der Waals surface area contributed by atoms with Gasteiger partial charge in [-0.25, -0.2) is 0 Å². The van der Waals surface area contributed by atoms with Gasteiger partial charge < -0.3 is 14.4 Å². The minimum absolute atomic E-state index is 0.134. The number of ketones is 2. The molecule has 8 heteroatoms. The van der Waals surface area contributed by atoms with Crippen molar-refractivity contribution >= 4 is 50.7 Å². The Morgan fingerprint density at radius 2 is 1.63 bits per heavy atom. The molecule has 0 bridgehead atoms. The minimum Gasteiger partial charge on any atom is -0.493 e. The predicted molar refractivity (Wildman–Crippen MR) is 153 cm³/mol. The van der Waals surface area contributed by atoms with E-state index in [1.54, 1.807) is 19.2 Å². The highest BCUT2D eigenvalue weighted by Crippen LogP contribution is 2.51. The number of ether oxygens (including phenoxy) is 2. The predicted octanol–water partition coefficient (Wildman–Crippen LogP) is 8.17. The highest BCUT2D eigenvalue weighted by Gasteiger charge is 2.43. The van der Waals surface area contributed by atoms with Gasteiger partial charge in [0.2, 0.25) is 0 Å². The number of rotatable bonds is 7. The van der Waals surface area contributed by atoms with Gasteiger partial charge >= 0.3 is 0 Å². The summed E-state index contributed by atoms with van der Waals surface area (Å²) in [6, 6.07) is 9.14. The second-order valence-corrected chi connectivity index (χ2v) is 11.6. The van der Waals surface area contributed by atoms with E-state index in [0.29, 0.717) is 38.9 Å². The maximum Gasteiger partial charge on any atom is 0.175 e. The number of nitrogens with zero attached hydrogens (tertiary/aromatic N) is 1. The zero-order valence-corrected chi connectivity index (χ0v) is 24.6. The number of hydrogen-bond donors (Lipinski definition) is 0. The number of carbonyl (C=O) groups excluding carboxylic acids is 2. The molecule has 5 nitrogen and oxygen atoms in total. The first-order valence-electron chi connectivity index (χ1n) is 13.1. The molecule has 0 radical (unpaired) electrons. The summed E-state index contributed by atoms with van der Waals surface area (Å²) in [5.74, 6) is 0.911. The molecule has 0 aromatic heterocycles. The molecule has 0 spiro atoms. The summed E-state index contributed by atoms with van der Waals surface area (Å²) >= 11 is 16.1. The van der Waals surface area contributed by atoms with Gasteiger partial charge in [0.1, 0.15) is 6.61 Å². The van der Waals surface area contributed by atoms with Crippen LogP contribution in [0.1, 0.15) is 68.9 Å². The van der Waals surface area contributed by atoms with Crippen LogP contribution in [0.5, 0.6) is 11.5 Å². The van der Waals surface area contributed by atoms with Crippen LogP contribution in [-0.4, -0.2) is 30.1 Å². The van der Waals surface area contributed by atoms with Crippen LogP contribution in [-0.2, 0) is 16.2 Å². The summed E-state index contributed by atoms with van der Waals surface area (Å²) in [6.07, 6.45) is 5.35. The zero-order chi connectivity index (χ0) is 27.0. The fraction of sp³-hybridized carbons (Fsp3) is 0.400. The molecule has 1 heterocycles. The van der Waals surface area contributed by atoms with E-state index in [4.69, 9.17) is 32.7 Å². The van der Waals surface area contributed by atoms with Crippen molar-refractivity contribution in [3.8, 4) is 11.5 Å². The van der Waals surface area contributed by atoms with E-state index in [-0.39, 0.29) is 18.2 Å². The van der Waals surface area contributed by atoms with Crippen LogP contribution < -0.4 is 9.47 Å². The summed E-state index contributed by atoms with van der Waals surface area (Å²) in [5, 5.41) is 1.08. The first-order chi connectivity index (χ1) is 18.3. The van der Waals surface area contributed by atoms with Crippen molar-refractivity contribution < 1.29 is 19.1 Å². The highest BCUT2D eigenvalue weighted by molar-refractivity contribution is 9.10. The van der Waals surface area contributed by atoms with Gasteiger partial charge in [0.15, 0.2) is 23.1 Å². The molecule has 1 aliphatic heterocycles. The topological polar surface area (TPSA) is 55.8 Å². The number of hydrogen-bond acceptors (Lipinski definition) is 5. The fourth-order valence-electron chi connectivity index (χ4n) is 5.88. The van der Waals surface area contributed by atoms with Crippen molar-refractivity contribution in [2.75, 3.05) is 13.7 Å². The van der Waals surface area contributed by atoms with Gasteiger partial charge in [0.25, 0.3) is 0 Å². The monoisotopic (exact) mass is 617 g/mol. The van der Waals surface area contributed by atoms with Gasteiger partial charge in [0.05, 0.1) is 11.6 Å². The molecule has 3 aliphatic rings. The zero-order valence-electron chi connectivity index (χ0n) is 21.5. The number of Topliss-reactive ketones (excluding diaryl/α,β-unsaturated/α-hetero) is 2. The van der Waals surface area contributed by atoms with Crippen LogP contribution in [0.3, 0.4) is 0 Å². The third-order valence-corrected chi connectivity index (χ3v) is 8.68. The lowest BCUT2D eigenvalue weighted by atomic mass is 9.71. The molecule has 0 unspecified atom stereocenters. The summed E-state index contributed by atoms with van der Waals surface area (Å²) in [5.41, 5.74) is 5.38. The number of halogens is 3. The van der Waals surface area contributed by atoms with Gasteiger partial charge in [-0.1, -0.05) is 36.2 Å². The Kier molecular flexibility index (Phi) is 8.22. The first kappa shape index (κ1) is 27.3. The van der Waals surface area contributed by atoms with E-state index >= 15 is 0 Å². The summed E-state index contributed by atoms with van der Waals surface area (Å²) < 4.78 is 12.6. The molecule has 2 aromatic rings. The van der Waals surface area contributed by atoms with Crippen LogP contribution in [0.15, 0.2) is 57.3 Å². The van der Waals surface area contributed by atoms with Crippen molar-refractivity contribution in [3.05, 3.63) is 78.5 Å². The third kappa shape index (κ3) is 5.03. The summed E-state index contributed by atoms with van der Waals surface area (Å²) in [7, 11) is 1.59. The maximum atomic E-state index is 13.5. The molecule has 200 valence electrons. The molecule has 2 aliphatic carbocycles. The lowest BCUT2D eigenvalue weighted by molar-refractivity contribution is -0.117. The summed E-state index contributed by atoms with van der Waals surface area (Å²) in [4.78, 5) is 29.2. The van der Waals surface area contributed by atoms with Crippen molar-refractivity contribution in [3.63, 3.8) is 0 Å². The molecule has 5 rings (SSSR count). The lowest BCUT2D eigenvalue weighted by Gasteiger charge is -2.44. The molecule has 38 heavy (non-hydrogen) atoms. The molecule has 0 N–H and O–H groups in total. The minimum atomic E-state index is -0.404. The van der Waals surface area contributed by atoms with Crippen LogP contribution in [0.2, 0.25) is 10.0 Å². The van der Waals surface area contributed by atoms with Crippen LogP contribution in [0.4, 0.5) is 0 Å². The van der Waals surface area contributed by atoms with E-state index in [2.05, 4.69) is 27.8 Å². The lowest BCUT2D eigenvalue weighted by Crippen LogP contribution is -2.39. The number of benzene rings is 2. The van der Waals surface area contributed by atoms with E-state index in [1.165, 1.54) is 0 Å². The second-order valence-electron chi connectivity index (χ2n) is 9.92. The Hall–Kier alpha value is -2.28. The van der Waals surface area contributed by atoms with E-state index in [1.807, 2.05) is 18.2 Å². The van der Waals surface area contributed by atoms with Crippen molar-refractivity contribution in [1.82, 2.24) is 4.90 Å². The van der Waals surface area contributed by atoms with Crippen molar-refractivity contribution in [1.29, 1.82) is 0 Å². The first-order valence-corrected chi connectivity index (χ1v) is 14.6. The average molecular weight is 619 g/mol. The Balaban J connectivity index is 1.59. The highest BCUT2D eigenvalue weighted by atomic mass is 79.9. The standard InChI is InChI=1S/C30H30BrCl2NO4/c1-3-12-34-22-6-4-8-24(35)28(22)27(29-23(34)7-5-9-25(29)36)18-13-20(31)30(26(14-18)37-2)38-16-17-10-11-19(32)15-21(17)33/h10-11,13-15,27H,3-9,12,16H2,1-2H3. The Morgan fingerprint density at radius 3 is 2.21 bits per heavy atom. The average Bonchev–Trinajstić information content (AvgIpc) is 2.89. The largest absolute Gasteiger partial charge is 0.493 e. The molecule has 0 saturated heterocycles. The molecule has 0 atom stereocenters. The van der Waals surface area contributed by atoms with Crippen LogP contribution >= 0.6 is 39.1 Å². The molecular weight excluding hydrogens is 589 g/mol. The van der Waals surface area contributed by atoms with Crippen LogP contribution in [0.25, 0.3) is 0 Å². The number of methoxy groups -OCH3 is 1. The van der Waals surface area contributed by atoms with Gasteiger partial charge in [0, 0.05) is 63.5 Å². The molecular formula is C30H30BrCl2NO4. The SMILES string of the molecule is CCCN1C2=C(C(=O)CCC2)C(c2cc(Br)c(OCc3ccc(Cl)cc3Cl)c(OC)c2)C2=C1CCCC2=O. The molecule has 0 saturated carbocycles. The maximum absolute atomic E-state index is 13.5. The third-order valence-electron chi connectivity index (χ3n) is 7.51. The fourth-order valence-corrected chi connectivity index (χ4v) is 6.92. The quantitative estimate of drug-likeness (QED) is 0.313. The Bertz CT molecular complexity index is 1320. The van der Waals surface area contributed by atoms with Gasteiger partial charge in [-0.3, -0.25) is 9.59 Å². The van der Waals surface area contributed by atoms with Gasteiger partial charge in [-0.2, -0.15) is 0 Å². The van der Waals surface area contributed by atoms with Crippen LogP contribution in [0, 0.1) is 0 Å². The molecule has 0 fully saturated rings. The van der Waals surface area contributed by atoms with E-state index in [0.717, 1.165) is 72.3 Å². The van der Waals surface area contributed by atoms with Gasteiger partial charge in [-0.15, -0.1) is 0 Å². The summed E-state index contributed by atoms with van der Waals surface area (Å²) in [6.45, 7) is 3.18. The van der Waals surface area contributed by atoms with E-state index in [9.17, 15) is 9.59 Å². The molecule has 0 amide bonds. The Labute approximate surface area is 241 Å². The smallest absolute Gasteiger partial charge is 0.175 e. The van der Waals surface area contributed by atoms with Crippen molar-refractivity contribution in [2.45, 2.75) is 64.4 Å². The normalized spacial score (nSPS) is 18.1. The second kappa shape index (κ2) is 11.4. The van der Waals surface area contributed by atoms with Crippen molar-refractivity contribution in [2.24, 2.45) is 0 Å². The molecule has 2 aromatic carbocycles.